The Morgan fingerprint density at radius 3 is 2.60 bits per heavy atom. The third-order valence-corrected chi connectivity index (χ3v) is 3.19. The highest BCUT2D eigenvalue weighted by atomic mass is 35.5. The second-order valence-corrected chi connectivity index (χ2v) is 4.45. The lowest BCUT2D eigenvalue weighted by Gasteiger charge is -2.12. The first-order valence-corrected chi connectivity index (χ1v) is 6.34. The maximum Gasteiger partial charge on any atom is 0.243 e. The standard InChI is InChI=1S/C14H12ClN3O2/c1-19-11-7-3-5-9(12(11)20-2)10-6-4-8-18-13(10)16-14(15)17-18/h3-8H,1-2H3. The van der Waals surface area contributed by atoms with Gasteiger partial charge in [0, 0.05) is 17.3 Å². The van der Waals surface area contributed by atoms with Gasteiger partial charge in [-0.05, 0) is 29.8 Å². The summed E-state index contributed by atoms with van der Waals surface area (Å²) >= 11 is 5.88. The fourth-order valence-electron chi connectivity index (χ4n) is 2.19. The predicted molar refractivity (Wildman–Crippen MR) is 76.5 cm³/mol. The van der Waals surface area contributed by atoms with Crippen LogP contribution in [0.2, 0.25) is 5.28 Å². The molecule has 0 spiro atoms. The van der Waals surface area contributed by atoms with Gasteiger partial charge in [-0.3, -0.25) is 0 Å². The van der Waals surface area contributed by atoms with Crippen LogP contribution in [0, 0.1) is 0 Å². The fraction of sp³-hybridized carbons (Fsp3) is 0.143. The van der Waals surface area contributed by atoms with Crippen molar-refractivity contribution >= 4 is 17.2 Å². The van der Waals surface area contributed by atoms with E-state index in [0.717, 1.165) is 11.1 Å². The summed E-state index contributed by atoms with van der Waals surface area (Å²) in [5.41, 5.74) is 2.42. The third kappa shape index (κ3) is 1.96. The second-order valence-electron chi connectivity index (χ2n) is 4.11. The molecule has 0 saturated carbocycles. The van der Waals surface area contributed by atoms with Crippen LogP contribution in [-0.2, 0) is 0 Å². The lowest BCUT2D eigenvalue weighted by molar-refractivity contribution is 0.356. The van der Waals surface area contributed by atoms with Gasteiger partial charge in [0.15, 0.2) is 17.1 Å². The molecule has 0 saturated heterocycles. The van der Waals surface area contributed by atoms with Gasteiger partial charge in [-0.1, -0.05) is 12.1 Å². The number of ether oxygens (including phenoxy) is 2. The van der Waals surface area contributed by atoms with Crippen LogP contribution >= 0.6 is 11.6 Å². The Bertz CT molecular complexity index is 770. The maximum absolute atomic E-state index is 5.88. The Morgan fingerprint density at radius 1 is 1.05 bits per heavy atom. The van der Waals surface area contributed by atoms with E-state index < -0.39 is 0 Å². The van der Waals surface area contributed by atoms with Crippen LogP contribution < -0.4 is 9.47 Å². The Balaban J connectivity index is 2.30. The molecule has 0 radical (unpaired) electrons. The smallest absolute Gasteiger partial charge is 0.243 e. The van der Waals surface area contributed by atoms with Crippen LogP contribution in [0.5, 0.6) is 11.5 Å². The van der Waals surface area contributed by atoms with Crippen molar-refractivity contribution in [2.75, 3.05) is 14.2 Å². The van der Waals surface area contributed by atoms with Crippen LogP contribution in [0.4, 0.5) is 0 Å². The molecular formula is C14H12ClN3O2. The van der Waals surface area contributed by atoms with Gasteiger partial charge in [0.2, 0.25) is 5.28 Å². The van der Waals surface area contributed by atoms with E-state index in [1.54, 1.807) is 24.9 Å². The van der Waals surface area contributed by atoms with E-state index in [0.29, 0.717) is 17.1 Å². The summed E-state index contributed by atoms with van der Waals surface area (Å²) in [6.07, 6.45) is 1.80. The highest BCUT2D eigenvalue weighted by Gasteiger charge is 2.15. The SMILES string of the molecule is COc1cccc(-c2cccn3nc(Cl)nc23)c1OC. The second kappa shape index (κ2) is 5.02. The molecule has 0 amide bonds. The molecule has 0 atom stereocenters. The average molecular weight is 290 g/mol. The molecule has 3 rings (SSSR count). The van der Waals surface area contributed by atoms with Crippen molar-refractivity contribution in [1.29, 1.82) is 0 Å². The lowest BCUT2D eigenvalue weighted by Crippen LogP contribution is -1.95. The Kier molecular flexibility index (Phi) is 3.20. The van der Waals surface area contributed by atoms with E-state index in [-0.39, 0.29) is 5.28 Å². The van der Waals surface area contributed by atoms with E-state index in [2.05, 4.69) is 10.1 Å². The van der Waals surface area contributed by atoms with Crippen molar-refractivity contribution in [3.05, 3.63) is 41.8 Å². The molecule has 0 bridgehead atoms. The molecule has 3 aromatic rings. The quantitative estimate of drug-likeness (QED) is 0.743. The van der Waals surface area contributed by atoms with Crippen LogP contribution in [-0.4, -0.2) is 28.8 Å². The molecule has 0 aliphatic heterocycles. The minimum atomic E-state index is 0.208. The summed E-state index contributed by atoms with van der Waals surface area (Å²) in [5, 5.41) is 4.30. The molecule has 6 heteroatoms. The van der Waals surface area contributed by atoms with Crippen LogP contribution in [0.15, 0.2) is 36.5 Å². The molecule has 0 unspecified atom stereocenters. The largest absolute Gasteiger partial charge is 0.493 e. The number of para-hydroxylation sites is 1. The Hall–Kier alpha value is -2.27. The average Bonchev–Trinajstić information content (AvgIpc) is 2.86. The van der Waals surface area contributed by atoms with E-state index in [9.17, 15) is 0 Å². The van der Waals surface area contributed by atoms with Gasteiger partial charge in [0.25, 0.3) is 0 Å². The molecule has 1 aromatic carbocycles. The summed E-state index contributed by atoms with van der Waals surface area (Å²) in [4.78, 5) is 4.24. The molecule has 0 aliphatic carbocycles. The van der Waals surface area contributed by atoms with Gasteiger partial charge in [-0.25, -0.2) is 4.52 Å². The molecule has 2 aromatic heterocycles. The molecule has 102 valence electrons. The van der Waals surface area contributed by atoms with E-state index >= 15 is 0 Å². The van der Waals surface area contributed by atoms with Gasteiger partial charge in [-0.2, -0.15) is 4.98 Å². The monoisotopic (exact) mass is 289 g/mol. The summed E-state index contributed by atoms with van der Waals surface area (Å²) in [6, 6.07) is 9.51. The number of pyridine rings is 1. The molecule has 5 nitrogen and oxygen atoms in total. The number of halogens is 1. The minimum absolute atomic E-state index is 0.208. The zero-order chi connectivity index (χ0) is 14.1. The normalized spacial score (nSPS) is 10.8. The molecule has 0 fully saturated rings. The number of benzene rings is 1. The van der Waals surface area contributed by atoms with Gasteiger partial charge in [0.05, 0.1) is 14.2 Å². The van der Waals surface area contributed by atoms with Crippen LogP contribution in [0.1, 0.15) is 0 Å². The van der Waals surface area contributed by atoms with Gasteiger partial charge < -0.3 is 9.47 Å². The highest BCUT2D eigenvalue weighted by Crippen LogP contribution is 2.39. The first-order valence-electron chi connectivity index (χ1n) is 5.97. The van der Waals surface area contributed by atoms with Crippen molar-refractivity contribution in [2.45, 2.75) is 0 Å². The number of rotatable bonds is 3. The molecule has 2 heterocycles. The molecule has 0 aliphatic rings. The molecule has 0 N–H and O–H groups in total. The predicted octanol–water partition coefficient (Wildman–Crippen LogP) is 3.07. The third-order valence-electron chi connectivity index (χ3n) is 3.03. The fourth-order valence-corrected chi connectivity index (χ4v) is 2.35. The summed E-state index contributed by atoms with van der Waals surface area (Å²) in [6.45, 7) is 0. The van der Waals surface area contributed by atoms with Crippen molar-refractivity contribution in [3.8, 4) is 22.6 Å². The van der Waals surface area contributed by atoms with Gasteiger partial charge >= 0.3 is 0 Å². The number of fused-ring (bicyclic) bond motifs is 1. The number of aromatic nitrogens is 3. The van der Waals surface area contributed by atoms with E-state index in [4.69, 9.17) is 21.1 Å². The number of hydrogen-bond acceptors (Lipinski definition) is 4. The molecular weight excluding hydrogens is 278 g/mol. The van der Waals surface area contributed by atoms with Crippen LogP contribution in [0.3, 0.4) is 0 Å². The minimum Gasteiger partial charge on any atom is -0.493 e. The number of nitrogens with zero attached hydrogens (tertiary/aromatic N) is 3. The van der Waals surface area contributed by atoms with Gasteiger partial charge in [-0.15, -0.1) is 5.10 Å². The molecule has 20 heavy (non-hydrogen) atoms. The van der Waals surface area contributed by atoms with Crippen molar-refractivity contribution < 1.29 is 9.47 Å². The van der Waals surface area contributed by atoms with E-state index in [1.807, 2.05) is 30.3 Å². The van der Waals surface area contributed by atoms with Crippen molar-refractivity contribution in [3.63, 3.8) is 0 Å². The first kappa shape index (κ1) is 12.7. The zero-order valence-electron chi connectivity index (χ0n) is 11.0. The lowest BCUT2D eigenvalue weighted by atomic mass is 10.1. The Morgan fingerprint density at radius 2 is 1.85 bits per heavy atom. The first-order chi connectivity index (χ1) is 9.74. The van der Waals surface area contributed by atoms with Crippen molar-refractivity contribution in [1.82, 2.24) is 14.6 Å². The number of methoxy groups -OCH3 is 2. The highest BCUT2D eigenvalue weighted by molar-refractivity contribution is 6.28. The van der Waals surface area contributed by atoms with Gasteiger partial charge in [0.1, 0.15) is 0 Å². The summed E-state index contributed by atoms with van der Waals surface area (Å²) in [7, 11) is 3.22. The van der Waals surface area contributed by atoms with Crippen molar-refractivity contribution in [2.24, 2.45) is 0 Å². The topological polar surface area (TPSA) is 48.7 Å². The number of hydrogen-bond donors (Lipinski definition) is 0. The zero-order valence-corrected chi connectivity index (χ0v) is 11.8. The summed E-state index contributed by atoms with van der Waals surface area (Å²) in [5.74, 6) is 1.32. The van der Waals surface area contributed by atoms with E-state index in [1.165, 1.54) is 0 Å². The summed E-state index contributed by atoms with van der Waals surface area (Å²) < 4.78 is 12.4. The maximum atomic E-state index is 5.88. The van der Waals surface area contributed by atoms with Crippen LogP contribution in [0.25, 0.3) is 16.8 Å². The Labute approximate surface area is 120 Å².